The maximum absolute atomic E-state index is 2.25. The fourth-order valence-electron chi connectivity index (χ4n) is 0.516. The second kappa shape index (κ2) is 9.96. The van der Waals surface area contributed by atoms with Crippen LogP contribution in [0.15, 0.2) is 0 Å². The quantitative estimate of drug-likeness (QED) is 0.612. The monoisotopic (exact) mass is 159 g/mol. The van der Waals surface area contributed by atoms with E-state index in [9.17, 15) is 0 Å². The van der Waals surface area contributed by atoms with Gasteiger partial charge in [-0.3, -0.25) is 0 Å². The molecular formula is C10H25N. The second-order valence-corrected chi connectivity index (χ2v) is 3.69. The molecule has 0 rings (SSSR count). The third-order valence-electron chi connectivity index (χ3n) is 1.15. The highest BCUT2D eigenvalue weighted by atomic mass is 15.0. The van der Waals surface area contributed by atoms with Crippen LogP contribution in [-0.2, 0) is 0 Å². The highest BCUT2D eigenvalue weighted by Gasteiger charge is 1.93. The van der Waals surface area contributed by atoms with Gasteiger partial charge in [-0.1, -0.05) is 34.1 Å². The number of rotatable bonds is 3. The third kappa shape index (κ3) is 25.7. The molecule has 0 unspecified atom stereocenters. The van der Waals surface area contributed by atoms with Crippen LogP contribution in [0.2, 0.25) is 0 Å². The maximum Gasteiger partial charge on any atom is -0.00224 e. The number of hydrogen-bond acceptors (Lipinski definition) is 1. The molecular weight excluding hydrogens is 134 g/mol. The number of nitrogens with zero attached hydrogens (tertiary/aromatic N) is 1. The van der Waals surface area contributed by atoms with Crippen LogP contribution in [0.4, 0.5) is 0 Å². The van der Waals surface area contributed by atoms with E-state index in [1.54, 1.807) is 0 Å². The van der Waals surface area contributed by atoms with Crippen molar-refractivity contribution in [1.29, 1.82) is 0 Å². The molecule has 0 heterocycles. The Balaban J connectivity index is 0. The minimum Gasteiger partial charge on any atom is -0.309 e. The summed E-state index contributed by atoms with van der Waals surface area (Å²) in [4.78, 5) is 2.22. The van der Waals surface area contributed by atoms with Crippen LogP contribution in [-0.4, -0.2) is 25.5 Å². The molecule has 70 valence electrons. The first-order chi connectivity index (χ1) is 5.04. The zero-order chi connectivity index (χ0) is 9.28. The lowest BCUT2D eigenvalue weighted by Gasteiger charge is -2.10. The smallest absolute Gasteiger partial charge is 0.00224 e. The molecule has 0 bridgehead atoms. The first-order valence-electron chi connectivity index (χ1n) is 4.69. The SMILES string of the molecule is CC(C)CCN(C)C.CCC. The zero-order valence-corrected chi connectivity index (χ0v) is 9.15. The topological polar surface area (TPSA) is 3.24 Å². The van der Waals surface area contributed by atoms with E-state index in [0.717, 1.165) is 5.92 Å². The normalized spacial score (nSPS) is 9.82. The summed E-state index contributed by atoms with van der Waals surface area (Å²) in [5, 5.41) is 0. The summed E-state index contributed by atoms with van der Waals surface area (Å²) >= 11 is 0. The van der Waals surface area contributed by atoms with E-state index < -0.39 is 0 Å². The van der Waals surface area contributed by atoms with Gasteiger partial charge in [-0.2, -0.15) is 0 Å². The Labute approximate surface area is 72.8 Å². The van der Waals surface area contributed by atoms with E-state index in [1.807, 2.05) is 0 Å². The summed E-state index contributed by atoms with van der Waals surface area (Å²) in [6, 6.07) is 0. The first-order valence-corrected chi connectivity index (χ1v) is 4.69. The molecule has 0 spiro atoms. The fraction of sp³-hybridized carbons (Fsp3) is 1.00. The van der Waals surface area contributed by atoms with Gasteiger partial charge in [0.25, 0.3) is 0 Å². The van der Waals surface area contributed by atoms with Crippen LogP contribution in [0.3, 0.4) is 0 Å². The average molecular weight is 159 g/mol. The van der Waals surface area contributed by atoms with Crippen molar-refractivity contribution >= 4 is 0 Å². The molecule has 1 heteroatoms. The zero-order valence-electron chi connectivity index (χ0n) is 9.15. The van der Waals surface area contributed by atoms with Crippen molar-refractivity contribution in [1.82, 2.24) is 4.90 Å². The highest BCUT2D eigenvalue weighted by Crippen LogP contribution is 1.98. The van der Waals surface area contributed by atoms with Crippen molar-refractivity contribution in [2.75, 3.05) is 20.6 Å². The van der Waals surface area contributed by atoms with Crippen LogP contribution in [0.25, 0.3) is 0 Å². The van der Waals surface area contributed by atoms with Crippen molar-refractivity contribution in [2.24, 2.45) is 5.92 Å². The molecule has 0 saturated carbocycles. The van der Waals surface area contributed by atoms with Gasteiger partial charge in [0.2, 0.25) is 0 Å². The van der Waals surface area contributed by atoms with Crippen molar-refractivity contribution in [3.8, 4) is 0 Å². The molecule has 0 aromatic heterocycles. The lowest BCUT2D eigenvalue weighted by molar-refractivity contribution is 0.369. The van der Waals surface area contributed by atoms with Crippen LogP contribution in [0.1, 0.15) is 40.5 Å². The van der Waals surface area contributed by atoms with Gasteiger partial charge < -0.3 is 4.90 Å². The Bertz CT molecular complexity index is 49.9. The molecule has 0 aromatic carbocycles. The summed E-state index contributed by atoms with van der Waals surface area (Å²) in [6.45, 7) is 9.98. The van der Waals surface area contributed by atoms with E-state index in [0.29, 0.717) is 0 Å². The molecule has 0 atom stereocenters. The van der Waals surface area contributed by atoms with Gasteiger partial charge in [0, 0.05) is 0 Å². The van der Waals surface area contributed by atoms with E-state index in [4.69, 9.17) is 0 Å². The summed E-state index contributed by atoms with van der Waals surface area (Å²) < 4.78 is 0. The van der Waals surface area contributed by atoms with Gasteiger partial charge in [-0.25, -0.2) is 0 Å². The second-order valence-electron chi connectivity index (χ2n) is 3.69. The van der Waals surface area contributed by atoms with Gasteiger partial charge in [0.1, 0.15) is 0 Å². The summed E-state index contributed by atoms with van der Waals surface area (Å²) in [5.41, 5.74) is 0. The van der Waals surface area contributed by atoms with Crippen molar-refractivity contribution < 1.29 is 0 Å². The Morgan fingerprint density at radius 3 is 1.55 bits per heavy atom. The maximum atomic E-state index is 2.25. The molecule has 0 aliphatic carbocycles. The van der Waals surface area contributed by atoms with Crippen molar-refractivity contribution in [3.63, 3.8) is 0 Å². The van der Waals surface area contributed by atoms with Gasteiger partial charge >= 0.3 is 0 Å². The van der Waals surface area contributed by atoms with E-state index in [2.05, 4.69) is 46.7 Å². The standard InChI is InChI=1S/C7H17N.C3H8/c1-7(2)5-6-8(3)4;1-3-2/h7H,5-6H2,1-4H3;3H2,1-2H3. The Hall–Kier alpha value is -0.0400. The predicted octanol–water partition coefficient (Wildman–Crippen LogP) is 3.01. The minimum absolute atomic E-state index is 0.845. The van der Waals surface area contributed by atoms with Crippen LogP contribution < -0.4 is 0 Å². The molecule has 0 fully saturated rings. The lowest BCUT2D eigenvalue weighted by atomic mass is 10.1. The van der Waals surface area contributed by atoms with Crippen LogP contribution in [0, 0.1) is 5.92 Å². The van der Waals surface area contributed by atoms with Crippen LogP contribution in [0.5, 0.6) is 0 Å². The summed E-state index contributed by atoms with van der Waals surface area (Å²) in [6.07, 6.45) is 2.56. The largest absolute Gasteiger partial charge is 0.309 e. The molecule has 0 amide bonds. The lowest BCUT2D eigenvalue weighted by Crippen LogP contribution is -2.14. The van der Waals surface area contributed by atoms with E-state index in [-0.39, 0.29) is 0 Å². The average Bonchev–Trinajstić information content (AvgIpc) is 1.85. The molecule has 1 nitrogen and oxygen atoms in total. The predicted molar refractivity (Wildman–Crippen MR) is 54.0 cm³/mol. The van der Waals surface area contributed by atoms with Gasteiger partial charge in [-0.05, 0) is 33.0 Å². The van der Waals surface area contributed by atoms with Crippen molar-refractivity contribution in [3.05, 3.63) is 0 Å². The summed E-state index contributed by atoms with van der Waals surface area (Å²) in [5.74, 6) is 0.845. The minimum atomic E-state index is 0.845. The van der Waals surface area contributed by atoms with Gasteiger partial charge in [-0.15, -0.1) is 0 Å². The molecule has 0 radical (unpaired) electrons. The molecule has 0 N–H and O–H groups in total. The van der Waals surface area contributed by atoms with Gasteiger partial charge in [0.15, 0.2) is 0 Å². The van der Waals surface area contributed by atoms with E-state index >= 15 is 0 Å². The Morgan fingerprint density at radius 1 is 1.09 bits per heavy atom. The molecule has 0 aliphatic heterocycles. The third-order valence-corrected chi connectivity index (χ3v) is 1.15. The molecule has 0 aromatic rings. The number of hydrogen-bond donors (Lipinski definition) is 0. The molecule has 0 aliphatic rings. The summed E-state index contributed by atoms with van der Waals surface area (Å²) in [7, 11) is 4.23. The fourth-order valence-corrected chi connectivity index (χ4v) is 0.516. The van der Waals surface area contributed by atoms with Gasteiger partial charge in [0.05, 0.1) is 0 Å². The highest BCUT2D eigenvalue weighted by molar-refractivity contribution is 4.47. The first kappa shape index (κ1) is 13.5. The van der Waals surface area contributed by atoms with Crippen LogP contribution >= 0.6 is 0 Å². The molecule has 0 saturated heterocycles. The van der Waals surface area contributed by atoms with E-state index in [1.165, 1.54) is 19.4 Å². The Kier molecular flexibility index (Phi) is 12.3. The Morgan fingerprint density at radius 2 is 1.45 bits per heavy atom. The van der Waals surface area contributed by atoms with Crippen molar-refractivity contribution in [2.45, 2.75) is 40.5 Å². The molecule has 11 heavy (non-hydrogen) atoms.